The zero-order valence-corrected chi connectivity index (χ0v) is 13.0. The topological polar surface area (TPSA) is 15.3 Å². The van der Waals surface area contributed by atoms with Crippen LogP contribution in [0.2, 0.25) is 0 Å². The summed E-state index contributed by atoms with van der Waals surface area (Å²) in [6, 6.07) is 1.44. The van der Waals surface area contributed by atoms with E-state index in [1.54, 1.807) is 0 Å². The first kappa shape index (κ1) is 16.0. The highest BCUT2D eigenvalue weighted by Gasteiger charge is 2.23. The minimum absolute atomic E-state index is 0.686. The number of hydrogen-bond donors (Lipinski definition) is 1. The number of unbranched alkanes of at least 4 members (excludes halogenated alkanes) is 4. The second-order valence-corrected chi connectivity index (χ2v) is 6.35. The van der Waals surface area contributed by atoms with Crippen molar-refractivity contribution in [3.05, 3.63) is 0 Å². The number of nitrogens with one attached hydrogen (secondary N) is 1. The lowest BCUT2D eigenvalue weighted by Crippen LogP contribution is -2.43. The Bertz CT molecular complexity index is 203. The van der Waals surface area contributed by atoms with Gasteiger partial charge in [0.05, 0.1) is 0 Å². The van der Waals surface area contributed by atoms with E-state index >= 15 is 0 Å². The molecule has 0 amide bonds. The molecular weight excluding hydrogens is 220 g/mol. The third-order valence-electron chi connectivity index (χ3n) is 4.38. The lowest BCUT2D eigenvalue weighted by atomic mass is 10.0. The molecule has 0 aliphatic carbocycles. The second kappa shape index (κ2) is 8.92. The monoisotopic (exact) mass is 254 g/mol. The van der Waals surface area contributed by atoms with Gasteiger partial charge in [0.1, 0.15) is 0 Å². The molecule has 0 radical (unpaired) electrons. The molecule has 1 rings (SSSR count). The first-order valence-corrected chi connectivity index (χ1v) is 8.12. The van der Waals surface area contributed by atoms with Crippen molar-refractivity contribution in [3.63, 3.8) is 0 Å². The van der Waals surface area contributed by atoms with Gasteiger partial charge in [0, 0.05) is 18.6 Å². The molecule has 0 bridgehead atoms. The average molecular weight is 254 g/mol. The normalized spacial score (nSPS) is 26.5. The van der Waals surface area contributed by atoms with Crippen LogP contribution < -0.4 is 5.32 Å². The Hall–Kier alpha value is -0.0800. The van der Waals surface area contributed by atoms with E-state index < -0.39 is 0 Å². The van der Waals surface area contributed by atoms with Crippen LogP contribution in [0.25, 0.3) is 0 Å². The summed E-state index contributed by atoms with van der Waals surface area (Å²) in [5.74, 6) is 0.748. The first-order valence-electron chi connectivity index (χ1n) is 8.12. The molecule has 0 aromatic heterocycles. The molecule has 108 valence electrons. The molecule has 1 aliphatic rings. The Morgan fingerprint density at radius 3 is 2.56 bits per heavy atom. The van der Waals surface area contributed by atoms with Crippen molar-refractivity contribution in [2.24, 2.45) is 5.92 Å². The highest BCUT2D eigenvalue weighted by Crippen LogP contribution is 2.15. The van der Waals surface area contributed by atoms with E-state index in [1.807, 2.05) is 0 Å². The predicted octanol–water partition coefficient (Wildman–Crippen LogP) is 3.67. The molecule has 0 spiro atoms. The summed E-state index contributed by atoms with van der Waals surface area (Å²) < 4.78 is 0. The van der Waals surface area contributed by atoms with Gasteiger partial charge in [-0.2, -0.15) is 0 Å². The molecule has 0 saturated carbocycles. The number of nitrogens with zero attached hydrogens (tertiary/aromatic N) is 1. The Morgan fingerprint density at radius 2 is 1.89 bits per heavy atom. The summed E-state index contributed by atoms with van der Waals surface area (Å²) in [4.78, 5) is 2.72. The molecule has 2 atom stereocenters. The van der Waals surface area contributed by atoms with Crippen molar-refractivity contribution in [3.8, 4) is 0 Å². The fourth-order valence-electron chi connectivity index (χ4n) is 2.83. The summed E-state index contributed by atoms with van der Waals surface area (Å²) in [5, 5.41) is 3.71. The van der Waals surface area contributed by atoms with E-state index in [1.165, 1.54) is 58.2 Å². The SMILES string of the molecule is CCCCCCCN1CC(C(C)C)NCCC1C. The standard InChI is InChI=1S/C16H34N2/c1-5-6-7-8-9-12-18-13-16(14(2)3)17-11-10-15(18)4/h14-17H,5-13H2,1-4H3. The maximum Gasteiger partial charge on any atom is 0.0218 e. The zero-order chi connectivity index (χ0) is 13.4. The molecule has 0 aromatic carbocycles. The quantitative estimate of drug-likeness (QED) is 0.697. The van der Waals surface area contributed by atoms with E-state index in [0.29, 0.717) is 6.04 Å². The van der Waals surface area contributed by atoms with Crippen LogP contribution in [0.3, 0.4) is 0 Å². The average Bonchev–Trinajstić information content (AvgIpc) is 2.52. The van der Waals surface area contributed by atoms with Gasteiger partial charge in [0.2, 0.25) is 0 Å². The molecule has 18 heavy (non-hydrogen) atoms. The van der Waals surface area contributed by atoms with E-state index in [4.69, 9.17) is 0 Å². The maximum absolute atomic E-state index is 3.71. The largest absolute Gasteiger partial charge is 0.312 e. The highest BCUT2D eigenvalue weighted by atomic mass is 15.2. The minimum Gasteiger partial charge on any atom is -0.312 e. The third-order valence-corrected chi connectivity index (χ3v) is 4.38. The molecule has 0 aromatic rings. The van der Waals surface area contributed by atoms with Crippen molar-refractivity contribution < 1.29 is 0 Å². The Kier molecular flexibility index (Phi) is 7.92. The van der Waals surface area contributed by atoms with Gasteiger partial charge in [-0.1, -0.05) is 46.5 Å². The molecule has 2 nitrogen and oxygen atoms in total. The molecule has 1 fully saturated rings. The van der Waals surface area contributed by atoms with Crippen molar-refractivity contribution in [2.45, 2.75) is 78.3 Å². The molecule has 1 saturated heterocycles. The molecular formula is C16H34N2. The molecule has 2 unspecified atom stereocenters. The van der Waals surface area contributed by atoms with Gasteiger partial charge in [-0.15, -0.1) is 0 Å². The number of hydrogen-bond acceptors (Lipinski definition) is 2. The van der Waals surface area contributed by atoms with Crippen LogP contribution in [0, 0.1) is 5.92 Å². The van der Waals surface area contributed by atoms with Gasteiger partial charge in [-0.3, -0.25) is 4.90 Å². The van der Waals surface area contributed by atoms with Gasteiger partial charge in [0.25, 0.3) is 0 Å². The molecule has 1 heterocycles. The summed E-state index contributed by atoms with van der Waals surface area (Å²) >= 11 is 0. The van der Waals surface area contributed by atoms with Gasteiger partial charge in [-0.05, 0) is 38.8 Å². The van der Waals surface area contributed by atoms with Crippen molar-refractivity contribution >= 4 is 0 Å². The Morgan fingerprint density at radius 1 is 1.17 bits per heavy atom. The van der Waals surface area contributed by atoms with Crippen LogP contribution in [0.15, 0.2) is 0 Å². The van der Waals surface area contributed by atoms with Crippen molar-refractivity contribution in [1.29, 1.82) is 0 Å². The fraction of sp³-hybridized carbons (Fsp3) is 1.00. The van der Waals surface area contributed by atoms with Gasteiger partial charge >= 0.3 is 0 Å². The van der Waals surface area contributed by atoms with Crippen LogP contribution in [0.5, 0.6) is 0 Å². The lowest BCUT2D eigenvalue weighted by Gasteiger charge is -2.30. The molecule has 1 aliphatic heterocycles. The van der Waals surface area contributed by atoms with Crippen LogP contribution in [-0.4, -0.2) is 36.6 Å². The lowest BCUT2D eigenvalue weighted by molar-refractivity contribution is 0.188. The number of rotatable bonds is 7. The van der Waals surface area contributed by atoms with Crippen molar-refractivity contribution in [1.82, 2.24) is 10.2 Å². The van der Waals surface area contributed by atoms with E-state index in [-0.39, 0.29) is 0 Å². The fourth-order valence-corrected chi connectivity index (χ4v) is 2.83. The van der Waals surface area contributed by atoms with E-state index in [2.05, 4.69) is 37.9 Å². The van der Waals surface area contributed by atoms with E-state index in [0.717, 1.165) is 12.0 Å². The van der Waals surface area contributed by atoms with E-state index in [9.17, 15) is 0 Å². The van der Waals surface area contributed by atoms with Crippen molar-refractivity contribution in [2.75, 3.05) is 19.6 Å². The summed E-state index contributed by atoms with van der Waals surface area (Å²) in [5.41, 5.74) is 0. The third kappa shape index (κ3) is 5.71. The van der Waals surface area contributed by atoms with Crippen LogP contribution in [-0.2, 0) is 0 Å². The predicted molar refractivity (Wildman–Crippen MR) is 81.0 cm³/mol. The summed E-state index contributed by atoms with van der Waals surface area (Å²) in [6.45, 7) is 13.1. The van der Waals surface area contributed by atoms with Crippen LogP contribution >= 0.6 is 0 Å². The Labute approximate surface area is 115 Å². The van der Waals surface area contributed by atoms with Gasteiger partial charge in [-0.25, -0.2) is 0 Å². The van der Waals surface area contributed by atoms with Crippen LogP contribution in [0.4, 0.5) is 0 Å². The summed E-state index contributed by atoms with van der Waals surface area (Å²) in [7, 11) is 0. The molecule has 1 N–H and O–H groups in total. The first-order chi connectivity index (χ1) is 8.65. The van der Waals surface area contributed by atoms with Gasteiger partial charge in [0.15, 0.2) is 0 Å². The van der Waals surface area contributed by atoms with Gasteiger partial charge < -0.3 is 5.32 Å². The zero-order valence-electron chi connectivity index (χ0n) is 13.0. The highest BCUT2D eigenvalue weighted by molar-refractivity contribution is 4.82. The smallest absolute Gasteiger partial charge is 0.0218 e. The molecule has 2 heteroatoms. The second-order valence-electron chi connectivity index (χ2n) is 6.35. The minimum atomic E-state index is 0.686. The Balaban J connectivity index is 2.30. The van der Waals surface area contributed by atoms with Crippen LogP contribution in [0.1, 0.15) is 66.2 Å². The maximum atomic E-state index is 3.71. The summed E-state index contributed by atoms with van der Waals surface area (Å²) in [6.07, 6.45) is 8.28.